The summed E-state index contributed by atoms with van der Waals surface area (Å²) < 4.78 is 15.7. The van der Waals surface area contributed by atoms with E-state index in [9.17, 15) is 4.79 Å². The van der Waals surface area contributed by atoms with Crippen molar-refractivity contribution in [2.24, 2.45) is 0 Å². The Morgan fingerprint density at radius 2 is 2.19 bits per heavy atom. The number of benzene rings is 1. The first-order valence-corrected chi connectivity index (χ1v) is 5.06. The maximum Gasteiger partial charge on any atom is 0.337 e. The number of hydrogen-bond donors (Lipinski definition) is 0. The van der Waals surface area contributed by atoms with E-state index in [1.165, 1.54) is 7.11 Å². The van der Waals surface area contributed by atoms with Crippen molar-refractivity contribution in [2.45, 2.75) is 26.2 Å². The van der Waals surface area contributed by atoms with E-state index in [1.54, 1.807) is 18.2 Å². The summed E-state index contributed by atoms with van der Waals surface area (Å²) in [4.78, 5) is 11.3. The fourth-order valence-electron chi connectivity index (χ4n) is 1.58. The van der Waals surface area contributed by atoms with E-state index in [0.29, 0.717) is 12.2 Å². The average molecular weight is 222 g/mol. The Morgan fingerprint density at radius 3 is 2.88 bits per heavy atom. The maximum absolute atomic E-state index is 11.3. The summed E-state index contributed by atoms with van der Waals surface area (Å²) in [5.41, 5.74) is 1.37. The third-order valence-electron chi connectivity index (χ3n) is 2.41. The first-order valence-electron chi connectivity index (χ1n) is 5.06. The van der Waals surface area contributed by atoms with Crippen LogP contribution in [0, 0.1) is 0 Å². The van der Waals surface area contributed by atoms with Gasteiger partial charge in [0.05, 0.1) is 19.3 Å². The van der Waals surface area contributed by atoms with Gasteiger partial charge >= 0.3 is 5.97 Å². The van der Waals surface area contributed by atoms with Crippen molar-refractivity contribution in [1.82, 2.24) is 0 Å². The summed E-state index contributed by atoms with van der Waals surface area (Å²) >= 11 is 0. The van der Waals surface area contributed by atoms with Crippen molar-refractivity contribution >= 4 is 5.97 Å². The molecule has 1 aliphatic heterocycles. The van der Waals surface area contributed by atoms with Crippen LogP contribution in [0.15, 0.2) is 18.2 Å². The van der Waals surface area contributed by atoms with Gasteiger partial charge < -0.3 is 14.2 Å². The molecule has 4 nitrogen and oxygen atoms in total. The number of hydrogen-bond acceptors (Lipinski definition) is 4. The van der Waals surface area contributed by atoms with Gasteiger partial charge in [0.2, 0.25) is 5.79 Å². The van der Waals surface area contributed by atoms with Crippen molar-refractivity contribution in [3.8, 4) is 5.75 Å². The van der Waals surface area contributed by atoms with Crippen LogP contribution in [0.4, 0.5) is 0 Å². The molecule has 0 spiro atoms. The summed E-state index contributed by atoms with van der Waals surface area (Å²) in [7, 11) is 1.36. The predicted octanol–water partition coefficient (Wildman–Crippen LogP) is 2.12. The second-order valence-electron chi connectivity index (χ2n) is 4.10. The average Bonchev–Trinajstić information content (AvgIpc) is 2.26. The van der Waals surface area contributed by atoms with Crippen LogP contribution in [0.25, 0.3) is 0 Å². The van der Waals surface area contributed by atoms with Crippen molar-refractivity contribution < 1.29 is 19.0 Å². The van der Waals surface area contributed by atoms with E-state index in [4.69, 9.17) is 9.47 Å². The summed E-state index contributed by atoms with van der Waals surface area (Å²) in [6.07, 6.45) is 0. The molecule has 0 aromatic heterocycles. The van der Waals surface area contributed by atoms with E-state index < -0.39 is 5.79 Å². The fourth-order valence-corrected chi connectivity index (χ4v) is 1.58. The number of methoxy groups -OCH3 is 1. The van der Waals surface area contributed by atoms with Gasteiger partial charge in [0.15, 0.2) is 0 Å². The highest BCUT2D eigenvalue weighted by Crippen LogP contribution is 2.31. The zero-order chi connectivity index (χ0) is 11.8. The Morgan fingerprint density at radius 1 is 1.44 bits per heavy atom. The summed E-state index contributed by atoms with van der Waals surface area (Å²) in [6.45, 7) is 4.14. The molecule has 0 unspecified atom stereocenters. The minimum Gasteiger partial charge on any atom is -0.465 e. The largest absolute Gasteiger partial charge is 0.465 e. The first-order chi connectivity index (χ1) is 7.52. The molecule has 4 heteroatoms. The number of carbonyl (C=O) groups is 1. The van der Waals surface area contributed by atoms with E-state index in [0.717, 1.165) is 11.3 Å². The third-order valence-corrected chi connectivity index (χ3v) is 2.41. The van der Waals surface area contributed by atoms with Crippen LogP contribution in [0.5, 0.6) is 5.75 Å². The van der Waals surface area contributed by atoms with Gasteiger partial charge in [-0.05, 0) is 18.2 Å². The lowest BCUT2D eigenvalue weighted by Crippen LogP contribution is -2.35. The predicted molar refractivity (Wildman–Crippen MR) is 57.3 cm³/mol. The van der Waals surface area contributed by atoms with Gasteiger partial charge in [-0.25, -0.2) is 4.79 Å². The second kappa shape index (κ2) is 3.79. The lowest BCUT2D eigenvalue weighted by atomic mass is 10.1. The van der Waals surface area contributed by atoms with Gasteiger partial charge in [-0.2, -0.15) is 0 Å². The highest BCUT2D eigenvalue weighted by Gasteiger charge is 2.27. The number of esters is 1. The van der Waals surface area contributed by atoms with Gasteiger partial charge in [-0.15, -0.1) is 0 Å². The van der Waals surface area contributed by atoms with Gasteiger partial charge in [-0.1, -0.05) is 0 Å². The zero-order valence-corrected chi connectivity index (χ0v) is 9.57. The van der Waals surface area contributed by atoms with E-state index in [2.05, 4.69) is 4.74 Å². The van der Waals surface area contributed by atoms with Crippen LogP contribution in [-0.4, -0.2) is 18.9 Å². The van der Waals surface area contributed by atoms with E-state index >= 15 is 0 Å². The van der Waals surface area contributed by atoms with Crippen LogP contribution in [0.1, 0.15) is 29.8 Å². The van der Waals surface area contributed by atoms with Crippen molar-refractivity contribution in [3.63, 3.8) is 0 Å². The third kappa shape index (κ3) is 2.02. The molecule has 16 heavy (non-hydrogen) atoms. The fraction of sp³-hybridized carbons (Fsp3) is 0.417. The lowest BCUT2D eigenvalue weighted by molar-refractivity contribution is -0.180. The van der Waals surface area contributed by atoms with Crippen LogP contribution >= 0.6 is 0 Å². The monoisotopic (exact) mass is 222 g/mol. The quantitative estimate of drug-likeness (QED) is 0.683. The molecule has 0 saturated heterocycles. The highest BCUT2D eigenvalue weighted by molar-refractivity contribution is 5.89. The molecule has 0 amide bonds. The molecule has 86 valence electrons. The molecule has 0 aliphatic carbocycles. The molecule has 2 rings (SSSR count). The minimum absolute atomic E-state index is 0.354. The molecule has 0 atom stereocenters. The highest BCUT2D eigenvalue weighted by atomic mass is 16.7. The zero-order valence-electron chi connectivity index (χ0n) is 9.57. The Balaban J connectivity index is 2.32. The van der Waals surface area contributed by atoms with Gasteiger partial charge in [-0.3, -0.25) is 0 Å². The SMILES string of the molecule is COC(=O)c1ccc2c(c1)COC(C)(C)O2. The molecule has 0 saturated carbocycles. The first kappa shape index (κ1) is 11.0. The van der Waals surface area contributed by atoms with Crippen molar-refractivity contribution in [3.05, 3.63) is 29.3 Å². The van der Waals surface area contributed by atoms with Crippen LogP contribution in [0.3, 0.4) is 0 Å². The molecule has 0 fully saturated rings. The van der Waals surface area contributed by atoms with Crippen molar-refractivity contribution in [1.29, 1.82) is 0 Å². The summed E-state index contributed by atoms with van der Waals surface area (Å²) in [5.74, 6) is -0.212. The standard InChI is InChI=1S/C12H14O4/c1-12(2)15-7-9-6-8(11(13)14-3)4-5-10(9)16-12/h4-6H,7H2,1-3H3. The van der Waals surface area contributed by atoms with Gasteiger partial charge in [0.1, 0.15) is 5.75 Å². The summed E-state index contributed by atoms with van der Waals surface area (Å²) in [6, 6.07) is 5.19. The Bertz CT molecular complexity index is 423. The number of fused-ring (bicyclic) bond motifs is 1. The molecule has 0 radical (unpaired) electrons. The molecule has 1 aromatic rings. The molecule has 0 N–H and O–H groups in total. The Labute approximate surface area is 94.1 Å². The Kier molecular flexibility index (Phi) is 2.59. The van der Waals surface area contributed by atoms with Gasteiger partial charge in [0, 0.05) is 19.4 Å². The normalized spacial score (nSPS) is 17.2. The molecule has 1 aromatic carbocycles. The number of carbonyl (C=O) groups excluding carboxylic acids is 1. The van der Waals surface area contributed by atoms with Gasteiger partial charge in [0.25, 0.3) is 0 Å². The summed E-state index contributed by atoms with van der Waals surface area (Å²) in [5, 5.41) is 0. The maximum atomic E-state index is 11.3. The van der Waals surface area contributed by atoms with Crippen LogP contribution in [0.2, 0.25) is 0 Å². The number of rotatable bonds is 1. The van der Waals surface area contributed by atoms with E-state index in [-0.39, 0.29) is 5.97 Å². The topological polar surface area (TPSA) is 44.8 Å². The van der Waals surface area contributed by atoms with Crippen molar-refractivity contribution in [2.75, 3.05) is 7.11 Å². The van der Waals surface area contributed by atoms with E-state index in [1.807, 2.05) is 13.8 Å². The molecular weight excluding hydrogens is 208 g/mol. The molecule has 1 heterocycles. The number of ether oxygens (including phenoxy) is 3. The molecule has 0 bridgehead atoms. The lowest BCUT2D eigenvalue weighted by Gasteiger charge is -2.32. The molecular formula is C12H14O4. The van der Waals surface area contributed by atoms with Crippen LogP contribution < -0.4 is 4.74 Å². The molecule has 1 aliphatic rings. The van der Waals surface area contributed by atoms with Crippen LogP contribution in [-0.2, 0) is 16.1 Å². The minimum atomic E-state index is -0.611. The smallest absolute Gasteiger partial charge is 0.337 e. The Hall–Kier alpha value is -1.55. The second-order valence-corrected chi connectivity index (χ2v) is 4.10.